The van der Waals surface area contributed by atoms with Gasteiger partial charge in [-0.05, 0) is 41.9 Å². The first-order chi connectivity index (χ1) is 10.3. The van der Waals surface area contributed by atoms with Gasteiger partial charge in [-0.1, -0.05) is 13.8 Å². The molecule has 1 aromatic rings. The van der Waals surface area contributed by atoms with E-state index in [9.17, 15) is 13.2 Å². The Labute approximate surface area is 131 Å². The third-order valence-corrected chi connectivity index (χ3v) is 7.28. The zero-order chi connectivity index (χ0) is 16.0. The van der Waals surface area contributed by atoms with Crippen molar-refractivity contribution in [2.24, 2.45) is 16.7 Å². The number of ketones is 1. The van der Waals surface area contributed by atoms with Gasteiger partial charge in [0.1, 0.15) is 5.78 Å². The number of pyridine rings is 1. The number of fused-ring (bicyclic) bond motifs is 2. The van der Waals surface area contributed by atoms with Crippen LogP contribution >= 0.6 is 0 Å². The van der Waals surface area contributed by atoms with E-state index < -0.39 is 15.4 Å². The quantitative estimate of drug-likeness (QED) is 0.898. The van der Waals surface area contributed by atoms with E-state index in [1.807, 2.05) is 13.8 Å². The van der Waals surface area contributed by atoms with Crippen molar-refractivity contribution >= 4 is 15.8 Å². The highest BCUT2D eigenvalue weighted by atomic mass is 32.2. The van der Waals surface area contributed by atoms with Crippen molar-refractivity contribution < 1.29 is 13.2 Å². The van der Waals surface area contributed by atoms with E-state index in [-0.39, 0.29) is 23.5 Å². The molecule has 2 aliphatic rings. The molecule has 6 heteroatoms. The van der Waals surface area contributed by atoms with Crippen LogP contribution in [0, 0.1) is 16.7 Å². The van der Waals surface area contributed by atoms with Crippen molar-refractivity contribution in [3.63, 3.8) is 0 Å². The van der Waals surface area contributed by atoms with E-state index in [0.717, 1.165) is 12.0 Å². The van der Waals surface area contributed by atoms with Gasteiger partial charge < -0.3 is 0 Å². The molecular formula is C16H22N2O3S. The van der Waals surface area contributed by atoms with Crippen LogP contribution in [0.2, 0.25) is 0 Å². The number of Topliss-reactive ketones (excluding diaryl/α,β-unsaturated/α-hetero) is 1. The molecule has 0 spiro atoms. The molecule has 5 nitrogen and oxygen atoms in total. The smallest absolute Gasteiger partial charge is 0.212 e. The van der Waals surface area contributed by atoms with Gasteiger partial charge in [0.25, 0.3) is 0 Å². The van der Waals surface area contributed by atoms with Gasteiger partial charge in [0, 0.05) is 30.8 Å². The van der Waals surface area contributed by atoms with Crippen LogP contribution < -0.4 is 4.72 Å². The summed E-state index contributed by atoms with van der Waals surface area (Å²) in [7, 11) is -3.50. The number of rotatable bonds is 5. The predicted octanol–water partition coefficient (Wildman–Crippen LogP) is 1.90. The average Bonchev–Trinajstić information content (AvgIpc) is 2.80. The summed E-state index contributed by atoms with van der Waals surface area (Å²) in [6, 6.07) is 3.55. The van der Waals surface area contributed by atoms with E-state index >= 15 is 0 Å². The maximum Gasteiger partial charge on any atom is 0.212 e. The lowest BCUT2D eigenvalue weighted by Gasteiger charge is -2.36. The monoisotopic (exact) mass is 322 g/mol. The molecule has 1 N–H and O–H groups in total. The van der Waals surface area contributed by atoms with Crippen LogP contribution in [0.4, 0.5) is 0 Å². The summed E-state index contributed by atoms with van der Waals surface area (Å²) in [5.74, 6) is 0.367. The van der Waals surface area contributed by atoms with E-state index in [0.29, 0.717) is 18.8 Å². The highest BCUT2D eigenvalue weighted by Gasteiger charge is 2.65. The van der Waals surface area contributed by atoms with Crippen molar-refractivity contribution in [3.05, 3.63) is 30.1 Å². The Balaban J connectivity index is 1.75. The lowest BCUT2D eigenvalue weighted by molar-refractivity contribution is -0.128. The van der Waals surface area contributed by atoms with Crippen LogP contribution in [0.25, 0.3) is 0 Å². The Kier molecular flexibility index (Phi) is 3.64. The lowest BCUT2D eigenvalue weighted by Crippen LogP contribution is -2.45. The molecular weight excluding hydrogens is 300 g/mol. The second-order valence-corrected chi connectivity index (χ2v) is 8.91. The van der Waals surface area contributed by atoms with E-state index in [1.54, 1.807) is 24.5 Å². The fraction of sp³-hybridized carbons (Fsp3) is 0.625. The molecule has 22 heavy (non-hydrogen) atoms. The SMILES string of the molecule is CC1(C)[C@H]2CC[C@@]1(CS(=O)(=O)NCc1ccncc1)C(=O)C2. The van der Waals surface area contributed by atoms with E-state index in [1.165, 1.54) is 0 Å². The molecule has 0 aromatic carbocycles. The number of aromatic nitrogens is 1. The van der Waals surface area contributed by atoms with Crippen molar-refractivity contribution in [1.29, 1.82) is 0 Å². The first-order valence-electron chi connectivity index (χ1n) is 7.66. The van der Waals surface area contributed by atoms with Gasteiger partial charge in [0.15, 0.2) is 0 Å². The minimum Gasteiger partial charge on any atom is -0.299 e. The van der Waals surface area contributed by atoms with Crippen molar-refractivity contribution in [3.8, 4) is 0 Å². The molecule has 2 fully saturated rings. The van der Waals surface area contributed by atoms with Crippen LogP contribution in [0.15, 0.2) is 24.5 Å². The normalized spacial score (nSPS) is 29.9. The van der Waals surface area contributed by atoms with Crippen molar-refractivity contribution in [1.82, 2.24) is 9.71 Å². The Bertz CT molecular complexity index is 685. The van der Waals surface area contributed by atoms with Crippen LogP contribution in [-0.2, 0) is 21.4 Å². The third kappa shape index (κ3) is 2.38. The molecule has 0 unspecified atom stereocenters. The molecule has 2 aliphatic carbocycles. The maximum atomic E-state index is 12.5. The summed E-state index contributed by atoms with van der Waals surface area (Å²) in [5, 5.41) is 0. The van der Waals surface area contributed by atoms with Gasteiger partial charge in [0.05, 0.1) is 5.75 Å². The predicted molar refractivity (Wildman–Crippen MR) is 83.4 cm³/mol. The largest absolute Gasteiger partial charge is 0.299 e. The molecule has 0 aliphatic heterocycles. The number of hydrogen-bond donors (Lipinski definition) is 1. The van der Waals surface area contributed by atoms with Crippen LogP contribution in [0.3, 0.4) is 0 Å². The summed E-state index contributed by atoms with van der Waals surface area (Å²) >= 11 is 0. The Morgan fingerprint density at radius 3 is 2.55 bits per heavy atom. The molecule has 2 saturated carbocycles. The molecule has 3 rings (SSSR count). The topological polar surface area (TPSA) is 76.1 Å². The molecule has 0 saturated heterocycles. The minimum absolute atomic E-state index is 0.0899. The van der Waals surface area contributed by atoms with E-state index in [4.69, 9.17) is 0 Å². The number of nitrogens with zero attached hydrogens (tertiary/aromatic N) is 1. The number of carbonyl (C=O) groups is 1. The van der Waals surface area contributed by atoms with E-state index in [2.05, 4.69) is 9.71 Å². The molecule has 2 bridgehead atoms. The maximum absolute atomic E-state index is 12.5. The van der Waals surface area contributed by atoms with Crippen LogP contribution in [0.5, 0.6) is 0 Å². The lowest BCUT2D eigenvalue weighted by atomic mass is 9.70. The van der Waals surface area contributed by atoms with Gasteiger partial charge in [0.2, 0.25) is 10.0 Å². The summed E-state index contributed by atoms with van der Waals surface area (Å²) in [5.41, 5.74) is -0.0746. The first-order valence-corrected chi connectivity index (χ1v) is 9.32. The highest BCUT2D eigenvalue weighted by Crippen LogP contribution is 2.64. The van der Waals surface area contributed by atoms with Gasteiger partial charge in [-0.2, -0.15) is 0 Å². The fourth-order valence-corrected chi connectivity index (χ4v) is 5.99. The second kappa shape index (κ2) is 5.13. The molecule has 2 atom stereocenters. The van der Waals surface area contributed by atoms with Crippen LogP contribution in [0.1, 0.15) is 38.7 Å². The number of nitrogens with one attached hydrogen (secondary N) is 1. The second-order valence-electron chi connectivity index (χ2n) is 7.10. The summed E-state index contributed by atoms with van der Waals surface area (Å²) in [4.78, 5) is 16.3. The fourth-order valence-electron chi connectivity index (χ4n) is 4.18. The van der Waals surface area contributed by atoms with Gasteiger partial charge >= 0.3 is 0 Å². The summed E-state index contributed by atoms with van der Waals surface area (Å²) in [6.07, 6.45) is 5.45. The molecule has 0 radical (unpaired) electrons. The van der Waals surface area contributed by atoms with Crippen molar-refractivity contribution in [2.75, 3.05) is 5.75 Å². The number of sulfonamides is 1. The first kappa shape index (κ1) is 15.6. The Morgan fingerprint density at radius 1 is 1.32 bits per heavy atom. The third-order valence-electron chi connectivity index (χ3n) is 5.82. The zero-order valence-electron chi connectivity index (χ0n) is 13.0. The molecule has 120 valence electrons. The summed E-state index contributed by atoms with van der Waals surface area (Å²) in [6.45, 7) is 4.33. The Morgan fingerprint density at radius 2 is 2.00 bits per heavy atom. The van der Waals surface area contributed by atoms with Gasteiger partial charge in [-0.3, -0.25) is 9.78 Å². The van der Waals surface area contributed by atoms with Gasteiger partial charge in [-0.15, -0.1) is 0 Å². The number of carbonyl (C=O) groups excluding carboxylic acids is 1. The summed E-state index contributed by atoms with van der Waals surface area (Å²) < 4.78 is 27.6. The zero-order valence-corrected chi connectivity index (χ0v) is 13.8. The Hall–Kier alpha value is -1.27. The highest BCUT2D eigenvalue weighted by molar-refractivity contribution is 7.89. The standard InChI is InChI=1S/C16H22N2O3S/c1-15(2)13-3-6-16(15,14(19)9-13)11-22(20,21)18-10-12-4-7-17-8-5-12/h4-5,7-8,13,18H,3,6,9-11H2,1-2H3/t13-,16+/m0/s1. The van der Waals surface area contributed by atoms with Crippen LogP contribution in [-0.4, -0.2) is 24.9 Å². The molecule has 0 amide bonds. The number of hydrogen-bond acceptors (Lipinski definition) is 4. The van der Waals surface area contributed by atoms with Crippen molar-refractivity contribution in [2.45, 2.75) is 39.7 Å². The molecule has 1 heterocycles. The molecule has 1 aromatic heterocycles. The minimum atomic E-state index is -3.50. The average molecular weight is 322 g/mol. The van der Waals surface area contributed by atoms with Gasteiger partial charge in [-0.25, -0.2) is 13.1 Å².